The molecule has 1 heterocycles. The molecule has 0 aliphatic carbocycles. The van der Waals surface area contributed by atoms with Gasteiger partial charge < -0.3 is 9.73 Å². The second-order valence-corrected chi connectivity index (χ2v) is 6.33. The SMILES string of the molecule is CCC(C)NC(=O)c1ccc(-c2cc(=O)c3cc(C)ccc3o2)cc1. The first-order chi connectivity index (χ1) is 12.0. The van der Waals surface area contributed by atoms with Gasteiger partial charge in [0.05, 0.1) is 5.39 Å². The van der Waals surface area contributed by atoms with E-state index in [-0.39, 0.29) is 17.4 Å². The molecule has 0 aliphatic heterocycles. The average Bonchev–Trinajstić information content (AvgIpc) is 2.62. The van der Waals surface area contributed by atoms with E-state index in [1.165, 1.54) is 6.07 Å². The molecule has 0 spiro atoms. The van der Waals surface area contributed by atoms with Gasteiger partial charge in [-0.2, -0.15) is 0 Å². The van der Waals surface area contributed by atoms with Crippen LogP contribution in [0.2, 0.25) is 0 Å². The Morgan fingerprint density at radius 3 is 2.52 bits per heavy atom. The molecule has 0 saturated heterocycles. The molecule has 0 fully saturated rings. The Morgan fingerprint density at radius 2 is 1.84 bits per heavy atom. The molecule has 25 heavy (non-hydrogen) atoms. The molecule has 0 bridgehead atoms. The lowest BCUT2D eigenvalue weighted by Crippen LogP contribution is -2.31. The smallest absolute Gasteiger partial charge is 0.251 e. The van der Waals surface area contributed by atoms with Gasteiger partial charge in [-0.05, 0) is 44.5 Å². The third kappa shape index (κ3) is 3.63. The maximum atomic E-state index is 12.3. The zero-order valence-corrected chi connectivity index (χ0v) is 14.6. The van der Waals surface area contributed by atoms with Crippen LogP contribution in [0.5, 0.6) is 0 Å². The summed E-state index contributed by atoms with van der Waals surface area (Å²) in [6, 6.07) is 14.3. The van der Waals surface area contributed by atoms with Crippen LogP contribution in [0.15, 0.2) is 57.7 Å². The predicted octanol–water partition coefficient (Wildman–Crippen LogP) is 4.30. The average molecular weight is 335 g/mol. The number of carbonyl (C=O) groups excluding carboxylic acids is 1. The summed E-state index contributed by atoms with van der Waals surface area (Å²) in [5.74, 6) is 0.395. The molecule has 4 nitrogen and oxygen atoms in total. The standard InChI is InChI=1S/C21H21NO3/c1-4-14(3)22-21(24)16-8-6-15(7-9-16)20-12-18(23)17-11-13(2)5-10-19(17)25-20/h5-12,14H,4H2,1-3H3,(H,22,24). The van der Waals surface area contributed by atoms with Crippen molar-refractivity contribution in [3.63, 3.8) is 0 Å². The molecule has 1 amide bonds. The van der Waals surface area contributed by atoms with Gasteiger partial charge in [0.2, 0.25) is 0 Å². The molecule has 3 rings (SSSR count). The number of benzene rings is 2. The van der Waals surface area contributed by atoms with Crippen molar-refractivity contribution in [3.8, 4) is 11.3 Å². The van der Waals surface area contributed by atoms with Crippen molar-refractivity contribution in [1.29, 1.82) is 0 Å². The van der Waals surface area contributed by atoms with Crippen LogP contribution < -0.4 is 10.7 Å². The van der Waals surface area contributed by atoms with Crippen LogP contribution in [0.25, 0.3) is 22.3 Å². The Balaban J connectivity index is 1.92. The van der Waals surface area contributed by atoms with Crippen LogP contribution in [0, 0.1) is 6.92 Å². The summed E-state index contributed by atoms with van der Waals surface area (Å²) in [6.07, 6.45) is 0.881. The highest BCUT2D eigenvalue weighted by Crippen LogP contribution is 2.23. The minimum atomic E-state index is -0.101. The lowest BCUT2D eigenvalue weighted by Gasteiger charge is -2.11. The van der Waals surface area contributed by atoms with Crippen molar-refractivity contribution in [2.75, 3.05) is 0 Å². The fourth-order valence-corrected chi connectivity index (χ4v) is 2.61. The highest BCUT2D eigenvalue weighted by atomic mass is 16.3. The summed E-state index contributed by atoms with van der Waals surface area (Å²) in [5, 5.41) is 3.51. The van der Waals surface area contributed by atoms with Crippen LogP contribution in [0.1, 0.15) is 36.2 Å². The summed E-state index contributed by atoms with van der Waals surface area (Å²) in [5.41, 5.74) is 2.86. The molecule has 0 saturated carbocycles. The Labute approximate surface area is 146 Å². The van der Waals surface area contributed by atoms with Crippen LogP contribution in [-0.2, 0) is 0 Å². The number of nitrogens with one attached hydrogen (secondary N) is 1. The van der Waals surface area contributed by atoms with Crippen LogP contribution in [0.3, 0.4) is 0 Å². The van der Waals surface area contributed by atoms with Crippen molar-refractivity contribution >= 4 is 16.9 Å². The first-order valence-corrected chi connectivity index (χ1v) is 8.43. The van der Waals surface area contributed by atoms with Crippen molar-refractivity contribution in [1.82, 2.24) is 5.32 Å². The third-order valence-electron chi connectivity index (χ3n) is 4.30. The van der Waals surface area contributed by atoms with Crippen LogP contribution in [0.4, 0.5) is 0 Å². The van der Waals surface area contributed by atoms with E-state index in [1.807, 2.05) is 39.0 Å². The third-order valence-corrected chi connectivity index (χ3v) is 4.30. The summed E-state index contributed by atoms with van der Waals surface area (Å²) in [6.45, 7) is 5.94. The van der Waals surface area contributed by atoms with E-state index in [1.54, 1.807) is 24.3 Å². The van der Waals surface area contributed by atoms with Gasteiger partial charge in [-0.15, -0.1) is 0 Å². The first kappa shape index (κ1) is 17.0. The Morgan fingerprint density at radius 1 is 1.12 bits per heavy atom. The van der Waals surface area contributed by atoms with E-state index < -0.39 is 0 Å². The minimum absolute atomic E-state index is 0.0708. The first-order valence-electron chi connectivity index (χ1n) is 8.43. The second-order valence-electron chi connectivity index (χ2n) is 6.33. The number of fused-ring (bicyclic) bond motifs is 1. The fraction of sp³-hybridized carbons (Fsp3) is 0.238. The lowest BCUT2D eigenvalue weighted by molar-refractivity contribution is 0.0939. The Bertz CT molecular complexity index is 971. The molecule has 1 atom stereocenters. The van der Waals surface area contributed by atoms with Gasteiger partial charge in [0, 0.05) is 23.2 Å². The van der Waals surface area contributed by atoms with E-state index in [0.29, 0.717) is 22.3 Å². The van der Waals surface area contributed by atoms with Gasteiger partial charge in [0.25, 0.3) is 5.91 Å². The largest absolute Gasteiger partial charge is 0.456 e. The highest BCUT2D eigenvalue weighted by molar-refractivity contribution is 5.94. The maximum Gasteiger partial charge on any atom is 0.251 e. The topological polar surface area (TPSA) is 59.3 Å². The summed E-state index contributed by atoms with van der Waals surface area (Å²) in [4.78, 5) is 24.5. The van der Waals surface area contributed by atoms with Crippen LogP contribution >= 0.6 is 0 Å². The predicted molar refractivity (Wildman–Crippen MR) is 99.9 cm³/mol. The molecule has 0 aliphatic rings. The molecular formula is C21H21NO3. The molecule has 3 aromatic rings. The van der Waals surface area contributed by atoms with Crippen LogP contribution in [-0.4, -0.2) is 11.9 Å². The van der Waals surface area contributed by atoms with E-state index in [9.17, 15) is 9.59 Å². The number of amides is 1. The number of hydrogen-bond acceptors (Lipinski definition) is 3. The number of aryl methyl sites for hydroxylation is 1. The molecule has 1 unspecified atom stereocenters. The molecular weight excluding hydrogens is 314 g/mol. The molecule has 4 heteroatoms. The summed E-state index contributed by atoms with van der Waals surface area (Å²) >= 11 is 0. The molecule has 128 valence electrons. The quantitative estimate of drug-likeness (QED) is 0.773. The Kier molecular flexibility index (Phi) is 4.70. The van der Waals surface area contributed by atoms with E-state index in [0.717, 1.165) is 17.5 Å². The van der Waals surface area contributed by atoms with Gasteiger partial charge in [0.1, 0.15) is 11.3 Å². The highest BCUT2D eigenvalue weighted by Gasteiger charge is 2.11. The van der Waals surface area contributed by atoms with E-state index >= 15 is 0 Å². The van der Waals surface area contributed by atoms with E-state index in [2.05, 4.69) is 5.32 Å². The van der Waals surface area contributed by atoms with Gasteiger partial charge in [-0.3, -0.25) is 9.59 Å². The van der Waals surface area contributed by atoms with Gasteiger partial charge in [0.15, 0.2) is 5.43 Å². The molecule has 0 radical (unpaired) electrons. The lowest BCUT2D eigenvalue weighted by atomic mass is 10.1. The zero-order chi connectivity index (χ0) is 18.0. The number of carbonyl (C=O) groups is 1. The van der Waals surface area contributed by atoms with Crippen molar-refractivity contribution in [2.45, 2.75) is 33.2 Å². The minimum Gasteiger partial charge on any atom is -0.456 e. The summed E-state index contributed by atoms with van der Waals surface area (Å²) in [7, 11) is 0. The Hall–Kier alpha value is -2.88. The van der Waals surface area contributed by atoms with Crippen molar-refractivity contribution in [2.24, 2.45) is 0 Å². The molecule has 1 aromatic heterocycles. The number of hydrogen-bond donors (Lipinski definition) is 1. The van der Waals surface area contributed by atoms with Crippen molar-refractivity contribution < 1.29 is 9.21 Å². The molecule has 1 N–H and O–H groups in total. The van der Waals surface area contributed by atoms with Gasteiger partial charge >= 0.3 is 0 Å². The van der Waals surface area contributed by atoms with Gasteiger partial charge in [-0.25, -0.2) is 0 Å². The summed E-state index contributed by atoms with van der Waals surface area (Å²) < 4.78 is 5.87. The van der Waals surface area contributed by atoms with Crippen molar-refractivity contribution in [3.05, 3.63) is 69.9 Å². The molecule has 2 aromatic carbocycles. The van der Waals surface area contributed by atoms with E-state index in [4.69, 9.17) is 4.42 Å². The fourth-order valence-electron chi connectivity index (χ4n) is 2.61. The normalized spacial score (nSPS) is 12.1. The monoisotopic (exact) mass is 335 g/mol. The van der Waals surface area contributed by atoms with Gasteiger partial charge in [-0.1, -0.05) is 30.7 Å². The zero-order valence-electron chi connectivity index (χ0n) is 14.6. The number of rotatable bonds is 4. The second kappa shape index (κ2) is 6.93. The maximum absolute atomic E-state index is 12.3.